The van der Waals surface area contributed by atoms with Gasteiger partial charge in [-0.3, -0.25) is 0 Å². The number of carboxylic acids is 1. The van der Waals surface area contributed by atoms with E-state index in [9.17, 15) is 9.90 Å². The normalized spacial score (nSPS) is 12.1. The van der Waals surface area contributed by atoms with Crippen molar-refractivity contribution in [1.29, 1.82) is 0 Å². The Morgan fingerprint density at radius 1 is 1.29 bits per heavy atom. The lowest BCUT2D eigenvalue weighted by atomic mass is 10.0. The standard InChI is InChI=1S/C22H23ClN2O2S/c1-3-4-9-20-24-12-19(25(20)13-16-7-5-6-8-18(16)23)15(2)21(22(26)27)17-10-11-28-14-17/h5-8,10-12,14H,3-4,9,13H2,1-2H3,(H,26,27)/b21-15+. The lowest BCUT2D eigenvalue weighted by molar-refractivity contribution is -0.130. The average molecular weight is 415 g/mol. The van der Waals surface area contributed by atoms with Crippen LogP contribution in [0.1, 0.15) is 49.3 Å². The summed E-state index contributed by atoms with van der Waals surface area (Å²) in [6.45, 7) is 4.55. The Hall–Kier alpha value is -2.37. The number of thiophene rings is 1. The van der Waals surface area contributed by atoms with Crippen LogP contribution in [0.5, 0.6) is 0 Å². The van der Waals surface area contributed by atoms with Crippen molar-refractivity contribution >= 4 is 40.1 Å². The maximum absolute atomic E-state index is 12.0. The molecule has 0 aliphatic carbocycles. The first-order chi connectivity index (χ1) is 13.5. The highest BCUT2D eigenvalue weighted by atomic mass is 35.5. The molecule has 2 aromatic heterocycles. The van der Waals surface area contributed by atoms with Gasteiger partial charge in [-0.25, -0.2) is 9.78 Å². The van der Waals surface area contributed by atoms with E-state index in [4.69, 9.17) is 11.6 Å². The molecule has 0 saturated carbocycles. The topological polar surface area (TPSA) is 55.1 Å². The van der Waals surface area contributed by atoms with Crippen LogP contribution in [-0.2, 0) is 17.8 Å². The first-order valence-electron chi connectivity index (χ1n) is 9.27. The summed E-state index contributed by atoms with van der Waals surface area (Å²) >= 11 is 7.87. The summed E-state index contributed by atoms with van der Waals surface area (Å²) in [4.78, 5) is 16.6. The van der Waals surface area contributed by atoms with Crippen LogP contribution in [-0.4, -0.2) is 20.6 Å². The number of aliphatic carboxylic acids is 1. The van der Waals surface area contributed by atoms with E-state index in [1.165, 1.54) is 11.3 Å². The zero-order valence-electron chi connectivity index (χ0n) is 16.0. The van der Waals surface area contributed by atoms with Gasteiger partial charge < -0.3 is 9.67 Å². The van der Waals surface area contributed by atoms with Crippen molar-refractivity contribution in [2.75, 3.05) is 0 Å². The molecule has 146 valence electrons. The molecule has 2 heterocycles. The third-order valence-corrected chi connectivity index (χ3v) is 5.81. The number of rotatable bonds is 8. The monoisotopic (exact) mass is 414 g/mol. The zero-order valence-corrected chi connectivity index (χ0v) is 17.6. The van der Waals surface area contributed by atoms with Crippen LogP contribution in [0.3, 0.4) is 0 Å². The largest absolute Gasteiger partial charge is 0.478 e. The van der Waals surface area contributed by atoms with Crippen LogP contribution >= 0.6 is 22.9 Å². The van der Waals surface area contributed by atoms with Gasteiger partial charge >= 0.3 is 5.97 Å². The molecule has 4 nitrogen and oxygen atoms in total. The first kappa shape index (κ1) is 20.4. The van der Waals surface area contributed by atoms with Gasteiger partial charge in [0.2, 0.25) is 0 Å². The van der Waals surface area contributed by atoms with Crippen LogP contribution in [0.2, 0.25) is 5.02 Å². The Labute approximate surface area is 174 Å². The van der Waals surface area contributed by atoms with E-state index in [0.29, 0.717) is 22.7 Å². The number of hydrogen-bond donors (Lipinski definition) is 1. The molecule has 0 aliphatic rings. The Kier molecular flexibility index (Phi) is 6.70. The summed E-state index contributed by atoms with van der Waals surface area (Å²) in [7, 11) is 0. The second-order valence-corrected chi connectivity index (χ2v) is 7.85. The van der Waals surface area contributed by atoms with E-state index in [1.807, 2.05) is 48.0 Å². The molecule has 3 aromatic rings. The molecule has 3 rings (SSSR count). The van der Waals surface area contributed by atoms with Crippen molar-refractivity contribution in [1.82, 2.24) is 9.55 Å². The van der Waals surface area contributed by atoms with Crippen molar-refractivity contribution < 1.29 is 9.90 Å². The second kappa shape index (κ2) is 9.22. The predicted octanol–water partition coefficient (Wildman–Crippen LogP) is 6.00. The molecule has 0 saturated heterocycles. The second-order valence-electron chi connectivity index (χ2n) is 6.66. The number of nitrogens with zero attached hydrogens (tertiary/aromatic N) is 2. The summed E-state index contributed by atoms with van der Waals surface area (Å²) in [6, 6.07) is 9.56. The van der Waals surface area contributed by atoms with Crippen molar-refractivity contribution in [2.45, 2.75) is 39.7 Å². The number of benzene rings is 1. The van der Waals surface area contributed by atoms with E-state index < -0.39 is 5.97 Å². The number of carboxylic acid groups (broad SMARTS) is 1. The third-order valence-electron chi connectivity index (χ3n) is 4.76. The predicted molar refractivity (Wildman–Crippen MR) is 116 cm³/mol. The summed E-state index contributed by atoms with van der Waals surface area (Å²) in [5.41, 5.74) is 3.53. The molecule has 0 radical (unpaired) electrons. The van der Waals surface area contributed by atoms with E-state index >= 15 is 0 Å². The molecular weight excluding hydrogens is 392 g/mol. The third kappa shape index (κ3) is 4.37. The minimum atomic E-state index is -0.934. The highest BCUT2D eigenvalue weighted by molar-refractivity contribution is 7.08. The number of halogens is 1. The van der Waals surface area contributed by atoms with Gasteiger partial charge in [-0.15, -0.1) is 0 Å². The van der Waals surface area contributed by atoms with Gasteiger partial charge in [0.05, 0.1) is 24.0 Å². The van der Waals surface area contributed by atoms with Gasteiger partial charge in [-0.2, -0.15) is 11.3 Å². The van der Waals surface area contributed by atoms with Crippen molar-refractivity contribution in [3.05, 3.63) is 75.0 Å². The number of aromatic nitrogens is 2. The fourth-order valence-corrected chi connectivity index (χ4v) is 4.10. The fraction of sp³-hybridized carbons (Fsp3) is 0.273. The highest BCUT2D eigenvalue weighted by Gasteiger charge is 2.20. The maximum Gasteiger partial charge on any atom is 0.336 e. The summed E-state index contributed by atoms with van der Waals surface area (Å²) in [5, 5.41) is 14.3. The summed E-state index contributed by atoms with van der Waals surface area (Å²) in [5.74, 6) is 0.0164. The van der Waals surface area contributed by atoms with E-state index in [1.54, 1.807) is 6.20 Å². The smallest absolute Gasteiger partial charge is 0.336 e. The van der Waals surface area contributed by atoms with Gasteiger partial charge in [0.1, 0.15) is 5.82 Å². The molecule has 0 spiro atoms. The number of allylic oxidation sites excluding steroid dienone is 1. The molecule has 6 heteroatoms. The van der Waals surface area contributed by atoms with E-state index in [0.717, 1.165) is 41.9 Å². The van der Waals surface area contributed by atoms with Gasteiger partial charge in [0.25, 0.3) is 0 Å². The lowest BCUT2D eigenvalue weighted by Crippen LogP contribution is -2.10. The van der Waals surface area contributed by atoms with Gasteiger partial charge in [0, 0.05) is 11.4 Å². The number of imidazole rings is 1. The molecule has 0 fully saturated rings. The van der Waals surface area contributed by atoms with Crippen LogP contribution in [0.15, 0.2) is 47.3 Å². The minimum absolute atomic E-state index is 0.309. The highest BCUT2D eigenvalue weighted by Crippen LogP contribution is 2.30. The summed E-state index contributed by atoms with van der Waals surface area (Å²) < 4.78 is 2.10. The minimum Gasteiger partial charge on any atom is -0.478 e. The molecule has 0 bridgehead atoms. The molecule has 1 N–H and O–H groups in total. The zero-order chi connectivity index (χ0) is 20.1. The number of carbonyl (C=O) groups is 1. The van der Waals surface area contributed by atoms with Gasteiger partial charge in [-0.05, 0) is 52.9 Å². The summed E-state index contributed by atoms with van der Waals surface area (Å²) in [6.07, 6.45) is 4.72. The molecule has 0 unspecified atom stereocenters. The van der Waals surface area contributed by atoms with Crippen molar-refractivity contribution in [3.63, 3.8) is 0 Å². The number of unbranched alkanes of at least 4 members (excludes halogenated alkanes) is 1. The Morgan fingerprint density at radius 3 is 2.71 bits per heavy atom. The molecule has 28 heavy (non-hydrogen) atoms. The maximum atomic E-state index is 12.0. The lowest BCUT2D eigenvalue weighted by Gasteiger charge is -2.15. The molecule has 0 amide bonds. The van der Waals surface area contributed by atoms with Crippen molar-refractivity contribution in [2.24, 2.45) is 0 Å². The van der Waals surface area contributed by atoms with Crippen LogP contribution < -0.4 is 0 Å². The van der Waals surface area contributed by atoms with Gasteiger partial charge in [0.15, 0.2) is 0 Å². The first-order valence-corrected chi connectivity index (χ1v) is 10.6. The Balaban J connectivity index is 2.12. The van der Waals surface area contributed by atoms with Crippen LogP contribution in [0.4, 0.5) is 0 Å². The Morgan fingerprint density at radius 2 is 2.07 bits per heavy atom. The Bertz CT molecular complexity index is 990. The molecule has 1 aromatic carbocycles. The molecular formula is C22H23ClN2O2S. The number of aryl methyl sites for hydroxylation is 1. The number of hydrogen-bond acceptors (Lipinski definition) is 3. The van der Waals surface area contributed by atoms with E-state index in [-0.39, 0.29) is 0 Å². The van der Waals surface area contributed by atoms with Crippen molar-refractivity contribution in [3.8, 4) is 0 Å². The van der Waals surface area contributed by atoms with Crippen LogP contribution in [0.25, 0.3) is 11.1 Å². The SMILES string of the molecule is CCCCc1ncc(/C(C)=C(/C(=O)O)c2ccsc2)n1Cc1ccccc1Cl. The van der Waals surface area contributed by atoms with E-state index in [2.05, 4.69) is 16.5 Å². The average Bonchev–Trinajstić information content (AvgIpc) is 3.32. The van der Waals surface area contributed by atoms with Gasteiger partial charge in [-0.1, -0.05) is 43.1 Å². The molecule has 0 atom stereocenters. The van der Waals surface area contributed by atoms with Crippen LogP contribution in [0, 0.1) is 0 Å². The quantitative estimate of drug-likeness (QED) is 0.459. The molecule has 0 aliphatic heterocycles. The fourth-order valence-electron chi connectivity index (χ4n) is 3.26.